The molecule has 0 saturated heterocycles. The van der Waals surface area contributed by atoms with Crippen molar-refractivity contribution in [2.24, 2.45) is 0 Å². The molecule has 0 spiro atoms. The molecule has 0 atom stereocenters. The van der Waals surface area contributed by atoms with Crippen LogP contribution >= 0.6 is 0 Å². The Hall–Kier alpha value is -2.95. The molecule has 0 aliphatic carbocycles. The fraction of sp³-hybridized carbons (Fsp3) is 0.211. The van der Waals surface area contributed by atoms with E-state index in [0.29, 0.717) is 5.56 Å². The zero-order valence-electron chi connectivity index (χ0n) is 13.8. The van der Waals surface area contributed by atoms with Crippen LogP contribution in [0, 0.1) is 0 Å². The van der Waals surface area contributed by atoms with Crippen LogP contribution < -0.4 is 4.74 Å². The van der Waals surface area contributed by atoms with Gasteiger partial charge in [-0.05, 0) is 36.2 Å². The molecule has 2 aromatic carbocycles. The third-order valence-corrected chi connectivity index (χ3v) is 3.91. The molecule has 0 bridgehead atoms. The molecule has 24 heavy (non-hydrogen) atoms. The average Bonchev–Trinajstić information content (AvgIpc) is 3.10. The lowest BCUT2D eigenvalue weighted by atomic mass is 10.1. The fourth-order valence-corrected chi connectivity index (χ4v) is 2.43. The number of rotatable bonds is 6. The van der Waals surface area contributed by atoms with E-state index in [1.54, 1.807) is 42.3 Å². The summed E-state index contributed by atoms with van der Waals surface area (Å²) in [6, 6.07) is 15.3. The van der Waals surface area contributed by atoms with Crippen molar-refractivity contribution in [2.75, 3.05) is 7.11 Å². The maximum atomic E-state index is 12.3. The van der Waals surface area contributed by atoms with Crippen molar-refractivity contribution in [2.45, 2.75) is 19.9 Å². The minimum absolute atomic E-state index is 0.0181. The van der Waals surface area contributed by atoms with Crippen molar-refractivity contribution in [1.29, 1.82) is 0 Å². The highest BCUT2D eigenvalue weighted by molar-refractivity contribution is 5.95. The minimum Gasteiger partial charge on any atom is -0.497 e. The highest BCUT2D eigenvalue weighted by Crippen LogP contribution is 2.17. The summed E-state index contributed by atoms with van der Waals surface area (Å²) in [7, 11) is 1.60. The van der Waals surface area contributed by atoms with Gasteiger partial charge in [-0.25, -0.2) is 4.68 Å². The number of hydrogen-bond acceptors (Lipinski definition) is 4. The summed E-state index contributed by atoms with van der Waals surface area (Å²) in [5, 5.41) is 8.21. The van der Waals surface area contributed by atoms with Crippen LogP contribution in [0.5, 0.6) is 5.75 Å². The number of methoxy groups -OCH3 is 1. The van der Waals surface area contributed by atoms with Crippen LogP contribution in [0.15, 0.2) is 54.7 Å². The van der Waals surface area contributed by atoms with Crippen LogP contribution in [-0.4, -0.2) is 27.9 Å². The molecule has 5 nitrogen and oxygen atoms in total. The van der Waals surface area contributed by atoms with E-state index in [9.17, 15) is 4.79 Å². The number of aromatic nitrogens is 3. The lowest BCUT2D eigenvalue weighted by molar-refractivity contribution is 0.0967. The summed E-state index contributed by atoms with van der Waals surface area (Å²) in [5.41, 5.74) is 3.66. The molecule has 0 aliphatic heterocycles. The Morgan fingerprint density at radius 2 is 1.79 bits per heavy atom. The smallest absolute Gasteiger partial charge is 0.184 e. The van der Waals surface area contributed by atoms with Gasteiger partial charge in [0.15, 0.2) is 5.78 Å². The normalized spacial score (nSPS) is 10.6. The van der Waals surface area contributed by atoms with Crippen LogP contribution in [0.3, 0.4) is 0 Å². The SMILES string of the molecule is CCc1ccc(-c2cn(CC(=O)c3ccc(OC)cc3)nn2)cc1. The molecule has 3 rings (SSSR count). The molecule has 0 unspecified atom stereocenters. The zero-order valence-corrected chi connectivity index (χ0v) is 13.8. The van der Waals surface area contributed by atoms with E-state index in [1.807, 2.05) is 12.1 Å². The van der Waals surface area contributed by atoms with Gasteiger partial charge in [-0.3, -0.25) is 4.79 Å². The maximum Gasteiger partial charge on any atom is 0.184 e. The monoisotopic (exact) mass is 321 g/mol. The lowest BCUT2D eigenvalue weighted by Gasteiger charge is -2.03. The van der Waals surface area contributed by atoms with Crippen molar-refractivity contribution in [3.8, 4) is 17.0 Å². The molecule has 122 valence electrons. The number of carbonyl (C=O) groups excluding carboxylic acids is 1. The third-order valence-electron chi connectivity index (χ3n) is 3.91. The number of carbonyl (C=O) groups is 1. The molecule has 0 saturated carbocycles. The average molecular weight is 321 g/mol. The molecule has 1 aromatic heterocycles. The van der Waals surface area contributed by atoms with Gasteiger partial charge in [0, 0.05) is 11.1 Å². The van der Waals surface area contributed by atoms with Crippen LogP contribution in [0.4, 0.5) is 0 Å². The highest BCUT2D eigenvalue weighted by atomic mass is 16.5. The number of Topliss-reactive ketones (excluding diaryl/α,β-unsaturated/α-hetero) is 1. The molecule has 0 radical (unpaired) electrons. The minimum atomic E-state index is -0.0181. The van der Waals surface area contributed by atoms with Gasteiger partial charge in [0.1, 0.15) is 18.0 Å². The Labute approximate surface area is 140 Å². The predicted molar refractivity (Wildman–Crippen MR) is 92.2 cm³/mol. The van der Waals surface area contributed by atoms with E-state index in [2.05, 4.69) is 29.4 Å². The quantitative estimate of drug-likeness (QED) is 0.653. The first-order chi connectivity index (χ1) is 11.7. The molecule has 0 amide bonds. The van der Waals surface area contributed by atoms with E-state index in [4.69, 9.17) is 4.74 Å². The van der Waals surface area contributed by atoms with Gasteiger partial charge in [-0.15, -0.1) is 5.10 Å². The van der Waals surface area contributed by atoms with Crippen molar-refractivity contribution < 1.29 is 9.53 Å². The van der Waals surface area contributed by atoms with Crippen LogP contribution in [0.2, 0.25) is 0 Å². The van der Waals surface area contributed by atoms with Gasteiger partial charge in [0.05, 0.1) is 13.3 Å². The number of nitrogens with zero attached hydrogens (tertiary/aromatic N) is 3. The van der Waals surface area contributed by atoms with Gasteiger partial charge >= 0.3 is 0 Å². The lowest BCUT2D eigenvalue weighted by Crippen LogP contribution is -2.10. The largest absolute Gasteiger partial charge is 0.497 e. The van der Waals surface area contributed by atoms with Crippen LogP contribution in [0.25, 0.3) is 11.3 Å². The molecule has 0 aliphatic rings. The first kappa shape index (κ1) is 15.9. The molecular formula is C19H19N3O2. The van der Waals surface area contributed by atoms with Crippen molar-refractivity contribution >= 4 is 5.78 Å². The summed E-state index contributed by atoms with van der Waals surface area (Å²) in [6.07, 6.45) is 2.80. The fourth-order valence-electron chi connectivity index (χ4n) is 2.43. The van der Waals surface area contributed by atoms with Gasteiger partial charge in [-0.2, -0.15) is 0 Å². The van der Waals surface area contributed by atoms with Crippen LogP contribution in [-0.2, 0) is 13.0 Å². The first-order valence-electron chi connectivity index (χ1n) is 7.86. The summed E-state index contributed by atoms with van der Waals surface area (Å²) in [5.74, 6) is 0.709. The summed E-state index contributed by atoms with van der Waals surface area (Å²) >= 11 is 0. The highest BCUT2D eigenvalue weighted by Gasteiger charge is 2.10. The van der Waals surface area contributed by atoms with E-state index in [1.165, 1.54) is 5.56 Å². The standard InChI is InChI=1S/C19H19N3O2/c1-3-14-4-6-15(7-5-14)18-12-22(21-20-18)13-19(23)16-8-10-17(24-2)11-9-16/h4-12H,3,13H2,1-2H3. The maximum absolute atomic E-state index is 12.3. The van der Waals surface area contributed by atoms with Crippen molar-refractivity contribution in [3.63, 3.8) is 0 Å². The first-order valence-corrected chi connectivity index (χ1v) is 7.86. The number of ether oxygens (including phenoxy) is 1. The zero-order chi connectivity index (χ0) is 16.9. The number of hydrogen-bond donors (Lipinski definition) is 0. The van der Waals surface area contributed by atoms with Gasteiger partial charge in [-0.1, -0.05) is 36.4 Å². The number of ketones is 1. The van der Waals surface area contributed by atoms with Crippen LogP contribution in [0.1, 0.15) is 22.8 Å². The second-order valence-electron chi connectivity index (χ2n) is 5.50. The second-order valence-corrected chi connectivity index (χ2v) is 5.50. The Morgan fingerprint density at radius 1 is 1.08 bits per heavy atom. The third kappa shape index (κ3) is 3.51. The van der Waals surface area contributed by atoms with E-state index in [-0.39, 0.29) is 12.3 Å². The summed E-state index contributed by atoms with van der Waals surface area (Å²) < 4.78 is 6.66. The predicted octanol–water partition coefficient (Wildman–Crippen LogP) is 3.40. The summed E-state index contributed by atoms with van der Waals surface area (Å²) in [6.45, 7) is 2.28. The van der Waals surface area contributed by atoms with Gasteiger partial charge in [0.25, 0.3) is 0 Å². The molecule has 1 heterocycles. The van der Waals surface area contributed by atoms with E-state index < -0.39 is 0 Å². The molecular weight excluding hydrogens is 302 g/mol. The Bertz CT molecular complexity index is 821. The number of benzene rings is 2. The Kier molecular flexibility index (Phi) is 4.70. The topological polar surface area (TPSA) is 57.0 Å². The van der Waals surface area contributed by atoms with Gasteiger partial charge < -0.3 is 4.74 Å². The Morgan fingerprint density at radius 3 is 2.42 bits per heavy atom. The van der Waals surface area contributed by atoms with E-state index in [0.717, 1.165) is 23.4 Å². The molecule has 5 heteroatoms. The molecule has 0 N–H and O–H groups in total. The molecule has 0 fully saturated rings. The molecule has 3 aromatic rings. The van der Waals surface area contributed by atoms with E-state index >= 15 is 0 Å². The summed E-state index contributed by atoms with van der Waals surface area (Å²) in [4.78, 5) is 12.3. The second kappa shape index (κ2) is 7.08. The van der Waals surface area contributed by atoms with Crippen molar-refractivity contribution in [1.82, 2.24) is 15.0 Å². The van der Waals surface area contributed by atoms with Crippen molar-refractivity contribution in [3.05, 3.63) is 65.9 Å². The number of aryl methyl sites for hydroxylation is 1. The Balaban J connectivity index is 1.71. The van der Waals surface area contributed by atoms with Gasteiger partial charge in [0.2, 0.25) is 0 Å².